The SMILES string of the molecule is Cc1cc(F)c(C#Cc2ccc(C#CC3CCC(C)CC3)cc2)cc1F. The van der Waals surface area contributed by atoms with E-state index in [1.807, 2.05) is 24.3 Å². The molecule has 2 heteroatoms. The van der Waals surface area contributed by atoms with Crippen LogP contribution in [-0.4, -0.2) is 0 Å². The van der Waals surface area contributed by atoms with E-state index in [9.17, 15) is 8.78 Å². The minimum atomic E-state index is -0.499. The summed E-state index contributed by atoms with van der Waals surface area (Å²) in [6, 6.07) is 9.89. The first-order chi connectivity index (χ1) is 12.5. The Morgan fingerprint density at radius 2 is 1.42 bits per heavy atom. The van der Waals surface area contributed by atoms with Crippen molar-refractivity contribution < 1.29 is 8.78 Å². The van der Waals surface area contributed by atoms with Crippen LogP contribution in [0.2, 0.25) is 0 Å². The molecule has 1 aliphatic rings. The molecule has 2 aromatic rings. The highest BCUT2D eigenvalue weighted by Crippen LogP contribution is 2.27. The molecule has 0 aromatic heterocycles. The van der Waals surface area contributed by atoms with Crippen LogP contribution in [0.15, 0.2) is 36.4 Å². The average molecular weight is 348 g/mol. The van der Waals surface area contributed by atoms with Crippen LogP contribution < -0.4 is 0 Å². The van der Waals surface area contributed by atoms with Crippen molar-refractivity contribution >= 4 is 0 Å². The van der Waals surface area contributed by atoms with E-state index < -0.39 is 11.6 Å². The van der Waals surface area contributed by atoms with Crippen LogP contribution in [0.1, 0.15) is 54.9 Å². The molecule has 0 aliphatic heterocycles. The summed E-state index contributed by atoms with van der Waals surface area (Å²) < 4.78 is 27.4. The van der Waals surface area contributed by atoms with Crippen LogP contribution in [0.4, 0.5) is 8.78 Å². The van der Waals surface area contributed by atoms with Gasteiger partial charge in [0.2, 0.25) is 0 Å². The maximum Gasteiger partial charge on any atom is 0.139 e. The summed E-state index contributed by atoms with van der Waals surface area (Å²) in [5.74, 6) is 12.6. The Bertz CT molecular complexity index is 893. The summed E-state index contributed by atoms with van der Waals surface area (Å²) >= 11 is 0. The predicted octanol–water partition coefficient (Wildman–Crippen LogP) is 5.85. The topological polar surface area (TPSA) is 0 Å². The Balaban J connectivity index is 1.69. The van der Waals surface area contributed by atoms with Crippen LogP contribution in [0.3, 0.4) is 0 Å². The molecular weight excluding hydrogens is 326 g/mol. The molecule has 0 saturated heterocycles. The van der Waals surface area contributed by atoms with Crippen molar-refractivity contribution in [1.29, 1.82) is 0 Å². The van der Waals surface area contributed by atoms with Gasteiger partial charge in [-0.05, 0) is 80.5 Å². The Morgan fingerprint density at radius 3 is 2.08 bits per heavy atom. The number of aryl methyl sites for hydroxylation is 1. The number of hydrogen-bond donors (Lipinski definition) is 0. The lowest BCUT2D eigenvalue weighted by atomic mass is 9.83. The molecule has 0 amide bonds. The molecule has 0 heterocycles. The fraction of sp³-hybridized carbons (Fsp3) is 0.333. The van der Waals surface area contributed by atoms with E-state index >= 15 is 0 Å². The molecule has 0 nitrogen and oxygen atoms in total. The Kier molecular flexibility index (Phi) is 5.75. The van der Waals surface area contributed by atoms with Crippen LogP contribution in [-0.2, 0) is 0 Å². The summed E-state index contributed by atoms with van der Waals surface area (Å²) in [5.41, 5.74) is 2.07. The molecule has 0 spiro atoms. The van der Waals surface area contributed by atoms with Crippen molar-refractivity contribution in [3.8, 4) is 23.7 Å². The second kappa shape index (κ2) is 8.20. The highest BCUT2D eigenvalue weighted by atomic mass is 19.1. The van der Waals surface area contributed by atoms with Gasteiger partial charge in [-0.15, -0.1) is 0 Å². The van der Waals surface area contributed by atoms with Gasteiger partial charge in [0.15, 0.2) is 0 Å². The van der Waals surface area contributed by atoms with Gasteiger partial charge in [0.25, 0.3) is 0 Å². The van der Waals surface area contributed by atoms with Crippen molar-refractivity contribution in [2.24, 2.45) is 11.8 Å². The molecule has 0 atom stereocenters. The first kappa shape index (κ1) is 18.2. The minimum Gasteiger partial charge on any atom is -0.207 e. The smallest absolute Gasteiger partial charge is 0.139 e. The van der Waals surface area contributed by atoms with Crippen LogP contribution in [0.5, 0.6) is 0 Å². The van der Waals surface area contributed by atoms with Crippen LogP contribution >= 0.6 is 0 Å². The quantitative estimate of drug-likeness (QED) is 0.524. The number of benzene rings is 2. The summed E-state index contributed by atoms with van der Waals surface area (Å²) in [4.78, 5) is 0. The first-order valence-electron chi connectivity index (χ1n) is 9.10. The third-order valence-electron chi connectivity index (χ3n) is 4.91. The third-order valence-corrected chi connectivity index (χ3v) is 4.91. The van der Waals surface area contributed by atoms with Crippen molar-refractivity contribution in [2.75, 3.05) is 0 Å². The van der Waals surface area contributed by atoms with Crippen LogP contribution in [0, 0.1) is 54.1 Å². The van der Waals surface area contributed by atoms with Crippen molar-refractivity contribution in [3.05, 3.63) is 70.3 Å². The molecule has 26 heavy (non-hydrogen) atoms. The van der Waals surface area contributed by atoms with E-state index in [1.54, 1.807) is 0 Å². The molecule has 3 rings (SSSR count). The summed E-state index contributed by atoms with van der Waals surface area (Å²) in [7, 11) is 0. The first-order valence-corrected chi connectivity index (χ1v) is 9.10. The van der Waals surface area contributed by atoms with Crippen molar-refractivity contribution in [3.63, 3.8) is 0 Å². The zero-order valence-electron chi connectivity index (χ0n) is 15.2. The van der Waals surface area contributed by atoms with E-state index in [4.69, 9.17) is 0 Å². The summed E-state index contributed by atoms with van der Waals surface area (Å²) in [5, 5.41) is 0. The molecule has 2 aromatic carbocycles. The molecule has 0 unspecified atom stereocenters. The van der Waals surface area contributed by atoms with Gasteiger partial charge in [0.05, 0.1) is 5.56 Å². The largest absolute Gasteiger partial charge is 0.207 e. The standard InChI is InChI=1S/C24H22F2/c1-17-3-5-19(6-4-17)7-8-20-9-11-21(12-10-20)13-14-22-16-23(25)18(2)15-24(22)26/h9-12,15-17,19H,3-6H2,1-2H3. The second-order valence-electron chi connectivity index (χ2n) is 7.13. The van der Waals surface area contributed by atoms with E-state index in [0.29, 0.717) is 5.92 Å². The lowest BCUT2D eigenvalue weighted by molar-refractivity contribution is 0.337. The Hall–Kier alpha value is -2.58. The molecule has 132 valence electrons. The molecule has 0 bridgehead atoms. The highest BCUT2D eigenvalue weighted by molar-refractivity contribution is 5.46. The Labute approximate surface area is 154 Å². The maximum atomic E-state index is 13.8. The highest BCUT2D eigenvalue weighted by Gasteiger charge is 2.15. The Morgan fingerprint density at radius 1 is 0.808 bits per heavy atom. The van der Waals surface area contributed by atoms with Gasteiger partial charge < -0.3 is 0 Å². The minimum absolute atomic E-state index is 0.0727. The predicted molar refractivity (Wildman–Crippen MR) is 102 cm³/mol. The lowest BCUT2D eigenvalue weighted by Crippen LogP contribution is -2.10. The van der Waals surface area contributed by atoms with Gasteiger partial charge in [-0.3, -0.25) is 0 Å². The fourth-order valence-corrected chi connectivity index (χ4v) is 3.11. The van der Waals surface area contributed by atoms with Gasteiger partial charge in [-0.1, -0.05) is 30.6 Å². The van der Waals surface area contributed by atoms with E-state index in [0.717, 1.165) is 23.1 Å². The molecular formula is C24H22F2. The second-order valence-corrected chi connectivity index (χ2v) is 7.13. The number of hydrogen-bond acceptors (Lipinski definition) is 0. The van der Waals surface area contributed by atoms with Crippen molar-refractivity contribution in [2.45, 2.75) is 39.5 Å². The van der Waals surface area contributed by atoms with Crippen LogP contribution in [0.25, 0.3) is 0 Å². The molecule has 0 N–H and O–H groups in total. The summed E-state index contributed by atoms with van der Waals surface area (Å²) in [6.45, 7) is 3.84. The van der Waals surface area contributed by atoms with Gasteiger partial charge in [0, 0.05) is 17.0 Å². The normalized spacial score (nSPS) is 19.1. The van der Waals surface area contributed by atoms with Crippen molar-refractivity contribution in [1.82, 2.24) is 0 Å². The van der Waals surface area contributed by atoms with E-state index in [-0.39, 0.29) is 11.1 Å². The van der Waals surface area contributed by atoms with Gasteiger partial charge >= 0.3 is 0 Å². The van der Waals surface area contributed by atoms with Gasteiger partial charge in [-0.25, -0.2) is 8.78 Å². The zero-order chi connectivity index (χ0) is 18.5. The van der Waals surface area contributed by atoms with Gasteiger partial charge in [-0.2, -0.15) is 0 Å². The lowest BCUT2D eigenvalue weighted by Gasteiger charge is -2.21. The fourth-order valence-electron chi connectivity index (χ4n) is 3.11. The zero-order valence-corrected chi connectivity index (χ0v) is 15.2. The molecule has 1 aliphatic carbocycles. The number of halogens is 2. The third kappa shape index (κ3) is 4.74. The molecule has 0 radical (unpaired) electrons. The number of rotatable bonds is 0. The van der Waals surface area contributed by atoms with E-state index in [2.05, 4.69) is 30.6 Å². The van der Waals surface area contributed by atoms with Gasteiger partial charge in [0.1, 0.15) is 11.6 Å². The monoisotopic (exact) mass is 348 g/mol. The molecule has 1 saturated carbocycles. The summed E-state index contributed by atoms with van der Waals surface area (Å²) in [6.07, 6.45) is 4.92. The van der Waals surface area contributed by atoms with E-state index in [1.165, 1.54) is 38.7 Å². The maximum absolute atomic E-state index is 13.8. The molecule has 1 fully saturated rings. The average Bonchev–Trinajstić information content (AvgIpc) is 2.64.